The van der Waals surface area contributed by atoms with Gasteiger partial charge in [0.05, 0.1) is 12.1 Å². The van der Waals surface area contributed by atoms with E-state index in [1.165, 1.54) is 0 Å². The van der Waals surface area contributed by atoms with Crippen LogP contribution >= 0.6 is 0 Å². The fraction of sp³-hybridized carbons (Fsp3) is 0.588. The van der Waals surface area contributed by atoms with E-state index < -0.39 is 0 Å². The molecule has 4 nitrogen and oxygen atoms in total. The molecular formula is C17H26N2O2. The normalized spacial score (nSPS) is 21.4. The molecule has 1 aromatic rings. The molecule has 1 fully saturated rings. The predicted molar refractivity (Wildman–Crippen MR) is 83.9 cm³/mol. The Labute approximate surface area is 127 Å². The highest BCUT2D eigenvalue weighted by atomic mass is 16.5. The van der Waals surface area contributed by atoms with Gasteiger partial charge in [0, 0.05) is 13.2 Å². The van der Waals surface area contributed by atoms with Gasteiger partial charge in [-0.15, -0.1) is 0 Å². The third-order valence-corrected chi connectivity index (χ3v) is 4.30. The molecule has 0 aliphatic carbocycles. The van der Waals surface area contributed by atoms with E-state index in [2.05, 4.69) is 29.7 Å². The Morgan fingerprint density at radius 2 is 2.10 bits per heavy atom. The average Bonchev–Trinajstić information content (AvgIpc) is 3.01. The molecule has 21 heavy (non-hydrogen) atoms. The van der Waals surface area contributed by atoms with E-state index in [-0.39, 0.29) is 11.4 Å². The highest BCUT2D eigenvalue weighted by molar-refractivity contribution is 5.86. The van der Waals surface area contributed by atoms with Crippen LogP contribution in [-0.2, 0) is 22.7 Å². The van der Waals surface area contributed by atoms with Crippen molar-refractivity contribution in [3.8, 4) is 0 Å². The first-order chi connectivity index (χ1) is 10.2. The Balaban J connectivity index is 1.97. The van der Waals surface area contributed by atoms with Gasteiger partial charge in [0.25, 0.3) is 0 Å². The third-order valence-electron chi connectivity index (χ3n) is 4.30. The molecule has 0 saturated carbocycles. The van der Waals surface area contributed by atoms with E-state index in [0.717, 1.165) is 36.9 Å². The molecule has 1 aliphatic rings. The van der Waals surface area contributed by atoms with Crippen molar-refractivity contribution in [1.82, 2.24) is 10.6 Å². The van der Waals surface area contributed by atoms with Gasteiger partial charge in [-0.1, -0.05) is 31.2 Å². The number of benzene rings is 1. The van der Waals surface area contributed by atoms with Crippen molar-refractivity contribution in [1.29, 1.82) is 0 Å². The summed E-state index contributed by atoms with van der Waals surface area (Å²) in [5.41, 5.74) is 1.91. The molecule has 2 N–H and O–H groups in total. The Bertz CT molecular complexity index is 468. The summed E-state index contributed by atoms with van der Waals surface area (Å²) in [6.45, 7) is 6.85. The van der Waals surface area contributed by atoms with Crippen molar-refractivity contribution < 1.29 is 9.53 Å². The number of hydrogen-bond donors (Lipinski definition) is 2. The number of carbonyl (C=O) groups excluding carboxylic acids is 1. The van der Waals surface area contributed by atoms with Gasteiger partial charge in [0.1, 0.15) is 0 Å². The molecule has 116 valence electrons. The second-order valence-electron chi connectivity index (χ2n) is 5.55. The summed E-state index contributed by atoms with van der Waals surface area (Å²) in [7, 11) is 0. The number of rotatable bonds is 7. The minimum Gasteiger partial charge on any atom is -0.377 e. The summed E-state index contributed by atoms with van der Waals surface area (Å²) in [6.07, 6.45) is 2.83. The van der Waals surface area contributed by atoms with Crippen molar-refractivity contribution >= 4 is 5.91 Å². The van der Waals surface area contributed by atoms with Crippen LogP contribution < -0.4 is 10.6 Å². The molecule has 1 unspecified atom stereocenters. The van der Waals surface area contributed by atoms with E-state index in [1.807, 2.05) is 19.1 Å². The quantitative estimate of drug-likeness (QED) is 0.810. The molecule has 0 spiro atoms. The van der Waals surface area contributed by atoms with Gasteiger partial charge in [-0.3, -0.25) is 4.79 Å². The lowest BCUT2D eigenvalue weighted by Crippen LogP contribution is -2.52. The lowest BCUT2D eigenvalue weighted by molar-refractivity contribution is -0.127. The number of hydrogen-bond acceptors (Lipinski definition) is 3. The zero-order valence-corrected chi connectivity index (χ0v) is 13.1. The first kappa shape index (κ1) is 16.0. The molecule has 1 amide bonds. The van der Waals surface area contributed by atoms with Crippen LogP contribution in [0.5, 0.6) is 0 Å². The number of nitrogens with one attached hydrogen (secondary N) is 2. The van der Waals surface area contributed by atoms with Crippen LogP contribution in [0, 0.1) is 0 Å². The summed E-state index contributed by atoms with van der Waals surface area (Å²) in [4.78, 5) is 12.5. The molecule has 0 bridgehead atoms. The molecule has 4 heteroatoms. The monoisotopic (exact) mass is 290 g/mol. The molecule has 1 saturated heterocycles. The van der Waals surface area contributed by atoms with Crippen LogP contribution in [0.4, 0.5) is 0 Å². The number of amides is 1. The summed E-state index contributed by atoms with van der Waals surface area (Å²) in [5.74, 6) is 0.119. The summed E-state index contributed by atoms with van der Waals surface area (Å²) in [5, 5.41) is 6.46. The minimum atomic E-state index is -0.366. The standard InChI is InChI=1S/C17H26N2O2/c1-3-17(10-7-11-19-17)16(20)18-12-14-8-5-6-9-15(14)13-21-4-2/h5-6,8-9,19H,3-4,7,10-13H2,1-2H3,(H,18,20). The van der Waals surface area contributed by atoms with E-state index in [9.17, 15) is 4.79 Å². The summed E-state index contributed by atoms with van der Waals surface area (Å²) in [6, 6.07) is 8.11. The smallest absolute Gasteiger partial charge is 0.240 e. The third kappa shape index (κ3) is 3.83. The second kappa shape index (κ2) is 7.57. The molecular weight excluding hydrogens is 264 g/mol. The lowest BCUT2D eigenvalue weighted by Gasteiger charge is -2.27. The highest BCUT2D eigenvalue weighted by Crippen LogP contribution is 2.23. The highest BCUT2D eigenvalue weighted by Gasteiger charge is 2.38. The fourth-order valence-electron chi connectivity index (χ4n) is 2.89. The maximum Gasteiger partial charge on any atom is 0.240 e. The van der Waals surface area contributed by atoms with Crippen molar-refractivity contribution in [2.45, 2.75) is 51.8 Å². The van der Waals surface area contributed by atoms with Crippen LogP contribution in [0.3, 0.4) is 0 Å². The van der Waals surface area contributed by atoms with Gasteiger partial charge >= 0.3 is 0 Å². The van der Waals surface area contributed by atoms with Gasteiger partial charge < -0.3 is 15.4 Å². The molecule has 2 rings (SSSR count). The largest absolute Gasteiger partial charge is 0.377 e. The average molecular weight is 290 g/mol. The lowest BCUT2D eigenvalue weighted by atomic mass is 9.93. The minimum absolute atomic E-state index is 0.119. The van der Waals surface area contributed by atoms with E-state index in [0.29, 0.717) is 19.8 Å². The molecule has 1 heterocycles. The predicted octanol–water partition coefficient (Wildman–Crippen LogP) is 2.37. The SMILES string of the molecule is CCOCc1ccccc1CNC(=O)C1(CC)CCCN1. The zero-order valence-electron chi connectivity index (χ0n) is 13.1. The van der Waals surface area contributed by atoms with Crippen molar-refractivity contribution in [3.63, 3.8) is 0 Å². The van der Waals surface area contributed by atoms with Crippen LogP contribution in [-0.4, -0.2) is 24.6 Å². The van der Waals surface area contributed by atoms with Gasteiger partial charge in [-0.05, 0) is 43.9 Å². The maximum absolute atomic E-state index is 12.5. The first-order valence-corrected chi connectivity index (χ1v) is 7.89. The molecule has 1 atom stereocenters. The van der Waals surface area contributed by atoms with Crippen LogP contribution in [0.25, 0.3) is 0 Å². The van der Waals surface area contributed by atoms with Crippen LogP contribution in [0.15, 0.2) is 24.3 Å². The Morgan fingerprint density at radius 3 is 2.71 bits per heavy atom. The number of ether oxygens (including phenoxy) is 1. The van der Waals surface area contributed by atoms with E-state index in [1.54, 1.807) is 0 Å². The second-order valence-corrected chi connectivity index (χ2v) is 5.55. The molecule has 0 aromatic heterocycles. The Hall–Kier alpha value is -1.39. The Kier molecular flexibility index (Phi) is 5.76. The summed E-state index contributed by atoms with van der Waals surface area (Å²) < 4.78 is 5.48. The molecule has 0 radical (unpaired) electrons. The van der Waals surface area contributed by atoms with Crippen LogP contribution in [0.1, 0.15) is 44.2 Å². The fourth-order valence-corrected chi connectivity index (χ4v) is 2.89. The van der Waals surface area contributed by atoms with Crippen molar-refractivity contribution in [2.75, 3.05) is 13.2 Å². The van der Waals surface area contributed by atoms with Gasteiger partial charge in [-0.25, -0.2) is 0 Å². The first-order valence-electron chi connectivity index (χ1n) is 7.89. The van der Waals surface area contributed by atoms with Crippen LogP contribution in [0.2, 0.25) is 0 Å². The van der Waals surface area contributed by atoms with Crippen molar-refractivity contribution in [3.05, 3.63) is 35.4 Å². The van der Waals surface area contributed by atoms with Crippen molar-refractivity contribution in [2.24, 2.45) is 0 Å². The van der Waals surface area contributed by atoms with Gasteiger partial charge in [0.2, 0.25) is 5.91 Å². The van der Waals surface area contributed by atoms with E-state index >= 15 is 0 Å². The van der Waals surface area contributed by atoms with Gasteiger partial charge in [-0.2, -0.15) is 0 Å². The topological polar surface area (TPSA) is 50.4 Å². The summed E-state index contributed by atoms with van der Waals surface area (Å²) >= 11 is 0. The zero-order chi connectivity index (χ0) is 15.1. The Morgan fingerprint density at radius 1 is 1.33 bits per heavy atom. The van der Waals surface area contributed by atoms with E-state index in [4.69, 9.17) is 4.74 Å². The maximum atomic E-state index is 12.5. The van der Waals surface area contributed by atoms with Gasteiger partial charge in [0.15, 0.2) is 0 Å². The molecule has 1 aromatic carbocycles. The number of carbonyl (C=O) groups is 1. The molecule has 1 aliphatic heterocycles.